The van der Waals surface area contributed by atoms with Crippen LogP contribution in [0.2, 0.25) is 0 Å². The molecule has 0 aliphatic heterocycles. The van der Waals surface area contributed by atoms with Crippen LogP contribution in [0, 0.1) is 0 Å². The van der Waals surface area contributed by atoms with E-state index in [0.717, 1.165) is 35.0 Å². The van der Waals surface area contributed by atoms with E-state index in [9.17, 15) is 18.0 Å². The summed E-state index contributed by atoms with van der Waals surface area (Å²) in [5, 5.41) is 3.72. The lowest BCUT2D eigenvalue weighted by atomic mass is 10.1. The number of nitrogens with one attached hydrogen (secondary N) is 2. The lowest BCUT2D eigenvalue weighted by molar-refractivity contribution is -0.137. The molecule has 1 amide bonds. The van der Waals surface area contributed by atoms with Crippen LogP contribution in [0.25, 0.3) is 10.9 Å². The molecule has 0 fully saturated rings. The predicted molar refractivity (Wildman–Crippen MR) is 102 cm³/mol. The molecule has 0 aliphatic rings. The average Bonchev–Trinajstić information content (AvgIpc) is 3.04. The SMILES string of the molecule is CCCC(=O)Nc1c[nH]c2ccc(OCCc3ccc(C(F)(F)F)cc3)cc12. The number of benzene rings is 2. The Kier molecular flexibility index (Phi) is 5.92. The second-order valence-corrected chi connectivity index (χ2v) is 6.50. The van der Waals surface area contributed by atoms with E-state index in [1.165, 1.54) is 12.1 Å². The van der Waals surface area contributed by atoms with Crippen molar-refractivity contribution in [3.8, 4) is 5.75 Å². The number of carbonyl (C=O) groups is 1. The fourth-order valence-corrected chi connectivity index (χ4v) is 2.88. The number of halogens is 3. The standard InChI is InChI=1S/C21H21F3N2O2/c1-2-3-20(27)26-19-13-25-18-9-8-16(12-17(18)19)28-11-10-14-4-6-15(7-5-14)21(22,23)24/h4-9,12-13,25H,2-3,10-11H2,1H3,(H,26,27). The van der Waals surface area contributed by atoms with Crippen LogP contribution in [0.4, 0.5) is 18.9 Å². The Morgan fingerprint density at radius 1 is 1.14 bits per heavy atom. The summed E-state index contributed by atoms with van der Waals surface area (Å²) in [4.78, 5) is 14.9. The summed E-state index contributed by atoms with van der Waals surface area (Å²) in [6.45, 7) is 2.27. The fourth-order valence-electron chi connectivity index (χ4n) is 2.88. The molecule has 2 aromatic carbocycles. The summed E-state index contributed by atoms with van der Waals surface area (Å²) in [6.07, 6.45) is -0.874. The van der Waals surface area contributed by atoms with Gasteiger partial charge in [-0.1, -0.05) is 19.1 Å². The fraction of sp³-hybridized carbons (Fsp3) is 0.286. The Labute approximate surface area is 160 Å². The van der Waals surface area contributed by atoms with Crippen molar-refractivity contribution >= 4 is 22.5 Å². The number of H-pyrrole nitrogens is 1. The first kappa shape index (κ1) is 19.8. The Hall–Kier alpha value is -2.96. The minimum absolute atomic E-state index is 0.0444. The summed E-state index contributed by atoms with van der Waals surface area (Å²) in [5.74, 6) is 0.585. The predicted octanol–water partition coefficient (Wildman–Crippen LogP) is 5.55. The molecule has 0 bridgehead atoms. The monoisotopic (exact) mass is 390 g/mol. The molecule has 3 aromatic rings. The van der Waals surface area contributed by atoms with Crippen LogP contribution >= 0.6 is 0 Å². The number of carbonyl (C=O) groups excluding carboxylic acids is 1. The Balaban J connectivity index is 1.62. The Morgan fingerprint density at radius 2 is 1.89 bits per heavy atom. The van der Waals surface area contributed by atoms with Crippen LogP contribution in [-0.2, 0) is 17.4 Å². The number of hydrogen-bond donors (Lipinski definition) is 2. The molecule has 28 heavy (non-hydrogen) atoms. The van der Waals surface area contributed by atoms with E-state index in [2.05, 4.69) is 10.3 Å². The molecular formula is C21H21F3N2O2. The van der Waals surface area contributed by atoms with Gasteiger partial charge >= 0.3 is 6.18 Å². The molecule has 0 atom stereocenters. The summed E-state index contributed by atoms with van der Waals surface area (Å²) >= 11 is 0. The Morgan fingerprint density at radius 3 is 2.57 bits per heavy atom. The third kappa shape index (κ3) is 4.85. The highest BCUT2D eigenvalue weighted by Crippen LogP contribution is 2.29. The topological polar surface area (TPSA) is 54.1 Å². The third-order valence-electron chi connectivity index (χ3n) is 4.35. The van der Waals surface area contributed by atoms with Crippen molar-refractivity contribution in [1.29, 1.82) is 0 Å². The summed E-state index contributed by atoms with van der Waals surface area (Å²) < 4.78 is 43.5. The average molecular weight is 390 g/mol. The second kappa shape index (κ2) is 8.37. The summed E-state index contributed by atoms with van der Waals surface area (Å²) in [6, 6.07) is 10.6. The highest BCUT2D eigenvalue weighted by atomic mass is 19.4. The molecule has 0 unspecified atom stereocenters. The number of amides is 1. The van der Waals surface area contributed by atoms with E-state index < -0.39 is 11.7 Å². The largest absolute Gasteiger partial charge is 0.493 e. The molecule has 4 nitrogen and oxygen atoms in total. The molecule has 0 saturated heterocycles. The van der Waals surface area contributed by atoms with Gasteiger partial charge in [-0.15, -0.1) is 0 Å². The maximum Gasteiger partial charge on any atom is 0.416 e. The van der Waals surface area contributed by atoms with Gasteiger partial charge in [-0.2, -0.15) is 13.2 Å². The second-order valence-electron chi connectivity index (χ2n) is 6.50. The van der Waals surface area contributed by atoms with Crippen molar-refractivity contribution in [1.82, 2.24) is 4.98 Å². The van der Waals surface area contributed by atoms with Gasteiger partial charge in [0.1, 0.15) is 5.75 Å². The number of aromatic amines is 1. The van der Waals surface area contributed by atoms with Crippen LogP contribution < -0.4 is 10.1 Å². The zero-order valence-corrected chi connectivity index (χ0v) is 15.4. The van der Waals surface area contributed by atoms with Crippen molar-refractivity contribution in [2.45, 2.75) is 32.4 Å². The lowest BCUT2D eigenvalue weighted by Crippen LogP contribution is -2.10. The van der Waals surface area contributed by atoms with E-state index in [-0.39, 0.29) is 5.91 Å². The zero-order chi connectivity index (χ0) is 20.1. The quantitative estimate of drug-likeness (QED) is 0.556. The van der Waals surface area contributed by atoms with E-state index in [0.29, 0.717) is 30.9 Å². The molecule has 2 N–H and O–H groups in total. The molecule has 0 spiro atoms. The maximum absolute atomic E-state index is 12.6. The number of ether oxygens (including phenoxy) is 1. The van der Waals surface area contributed by atoms with Crippen LogP contribution in [0.1, 0.15) is 30.9 Å². The molecule has 3 rings (SSSR count). The third-order valence-corrected chi connectivity index (χ3v) is 4.35. The van der Waals surface area contributed by atoms with E-state index in [4.69, 9.17) is 4.74 Å². The maximum atomic E-state index is 12.6. The van der Waals surface area contributed by atoms with Gasteiger partial charge in [-0.25, -0.2) is 0 Å². The van der Waals surface area contributed by atoms with E-state index in [1.807, 2.05) is 25.1 Å². The zero-order valence-electron chi connectivity index (χ0n) is 15.4. The van der Waals surface area contributed by atoms with E-state index >= 15 is 0 Å². The van der Waals surface area contributed by atoms with Crippen molar-refractivity contribution in [3.63, 3.8) is 0 Å². The lowest BCUT2D eigenvalue weighted by Gasteiger charge is -2.09. The van der Waals surface area contributed by atoms with Gasteiger partial charge in [0.05, 0.1) is 17.9 Å². The van der Waals surface area contributed by atoms with Crippen molar-refractivity contribution in [3.05, 3.63) is 59.8 Å². The van der Waals surface area contributed by atoms with Gasteiger partial charge in [0.15, 0.2) is 0 Å². The number of alkyl halides is 3. The van der Waals surface area contributed by atoms with Gasteiger partial charge in [0, 0.05) is 29.9 Å². The van der Waals surface area contributed by atoms with Crippen LogP contribution in [0.3, 0.4) is 0 Å². The van der Waals surface area contributed by atoms with Gasteiger partial charge in [-0.05, 0) is 42.3 Å². The van der Waals surface area contributed by atoms with Crippen LogP contribution in [0.15, 0.2) is 48.7 Å². The highest BCUT2D eigenvalue weighted by Gasteiger charge is 2.29. The minimum atomic E-state index is -4.33. The number of rotatable bonds is 7. The van der Waals surface area contributed by atoms with Crippen molar-refractivity contribution in [2.75, 3.05) is 11.9 Å². The molecule has 1 heterocycles. The van der Waals surface area contributed by atoms with Gasteiger partial charge in [0.25, 0.3) is 0 Å². The molecule has 0 saturated carbocycles. The number of hydrogen-bond acceptors (Lipinski definition) is 2. The summed E-state index contributed by atoms with van der Waals surface area (Å²) in [5.41, 5.74) is 1.68. The van der Waals surface area contributed by atoms with Gasteiger partial charge in [0.2, 0.25) is 5.91 Å². The Bertz CT molecular complexity index is 946. The molecule has 0 aliphatic carbocycles. The highest BCUT2D eigenvalue weighted by molar-refractivity contribution is 6.02. The number of fused-ring (bicyclic) bond motifs is 1. The first-order valence-corrected chi connectivity index (χ1v) is 9.06. The number of aromatic nitrogens is 1. The molecule has 7 heteroatoms. The molecule has 1 aromatic heterocycles. The molecule has 0 radical (unpaired) electrons. The smallest absolute Gasteiger partial charge is 0.416 e. The van der Waals surface area contributed by atoms with Crippen LogP contribution in [0.5, 0.6) is 5.75 Å². The van der Waals surface area contributed by atoms with Crippen molar-refractivity contribution in [2.24, 2.45) is 0 Å². The van der Waals surface area contributed by atoms with Gasteiger partial charge in [-0.3, -0.25) is 4.79 Å². The minimum Gasteiger partial charge on any atom is -0.493 e. The number of anilines is 1. The molecule has 148 valence electrons. The van der Waals surface area contributed by atoms with Crippen LogP contribution in [-0.4, -0.2) is 17.5 Å². The normalized spacial score (nSPS) is 11.6. The first-order chi connectivity index (χ1) is 13.4. The first-order valence-electron chi connectivity index (χ1n) is 9.06. The molecular weight excluding hydrogens is 369 g/mol. The van der Waals surface area contributed by atoms with Crippen molar-refractivity contribution < 1.29 is 22.7 Å². The van der Waals surface area contributed by atoms with Gasteiger partial charge < -0.3 is 15.0 Å². The van der Waals surface area contributed by atoms with E-state index in [1.54, 1.807) is 6.20 Å². The summed E-state index contributed by atoms with van der Waals surface area (Å²) in [7, 11) is 0.